The summed E-state index contributed by atoms with van der Waals surface area (Å²) in [6.07, 6.45) is 12.2. The molecular formula is C15H26O2. The standard InChI is InChI=1S/C15H26O2/c1-2-3-4-5-6-7-10-14(16)12-13-9-8-11-15(13)17/h12,14,16H,2-11H2,1H3/b13-12+. The van der Waals surface area contributed by atoms with Crippen LogP contribution in [-0.4, -0.2) is 17.0 Å². The van der Waals surface area contributed by atoms with Crippen LogP contribution in [0.5, 0.6) is 0 Å². The van der Waals surface area contributed by atoms with Gasteiger partial charge in [-0.15, -0.1) is 0 Å². The van der Waals surface area contributed by atoms with Gasteiger partial charge in [-0.25, -0.2) is 0 Å². The molecule has 0 bridgehead atoms. The Balaban J connectivity index is 2.08. The molecule has 1 aliphatic carbocycles. The molecule has 1 saturated carbocycles. The average Bonchev–Trinajstić information content (AvgIpc) is 2.69. The minimum Gasteiger partial charge on any atom is -0.389 e. The molecule has 0 radical (unpaired) electrons. The molecule has 2 nitrogen and oxygen atoms in total. The molecule has 1 atom stereocenters. The van der Waals surface area contributed by atoms with Gasteiger partial charge in [0.1, 0.15) is 0 Å². The molecule has 0 saturated heterocycles. The maximum absolute atomic E-state index is 11.4. The first-order valence-corrected chi connectivity index (χ1v) is 7.16. The number of ketones is 1. The maximum atomic E-state index is 11.4. The van der Waals surface area contributed by atoms with Gasteiger partial charge in [0.05, 0.1) is 6.10 Å². The molecule has 0 aromatic carbocycles. The third kappa shape index (κ3) is 6.02. The van der Waals surface area contributed by atoms with Crippen LogP contribution in [0.4, 0.5) is 0 Å². The van der Waals surface area contributed by atoms with E-state index in [1.54, 1.807) is 6.08 Å². The van der Waals surface area contributed by atoms with Crippen molar-refractivity contribution in [2.75, 3.05) is 0 Å². The van der Waals surface area contributed by atoms with Gasteiger partial charge >= 0.3 is 0 Å². The van der Waals surface area contributed by atoms with E-state index in [0.717, 1.165) is 31.3 Å². The van der Waals surface area contributed by atoms with E-state index in [1.807, 2.05) is 0 Å². The number of rotatable bonds is 8. The number of aliphatic hydroxyl groups excluding tert-OH is 1. The van der Waals surface area contributed by atoms with Gasteiger partial charge in [-0.1, -0.05) is 45.4 Å². The molecule has 1 aliphatic rings. The first-order valence-electron chi connectivity index (χ1n) is 7.16. The second-order valence-electron chi connectivity index (χ2n) is 5.09. The number of carbonyl (C=O) groups excluding carboxylic acids is 1. The highest BCUT2D eigenvalue weighted by atomic mass is 16.3. The zero-order valence-electron chi connectivity index (χ0n) is 11.1. The second-order valence-corrected chi connectivity index (χ2v) is 5.09. The Bertz CT molecular complexity index is 256. The summed E-state index contributed by atoms with van der Waals surface area (Å²) in [5, 5.41) is 9.80. The second kappa shape index (κ2) is 8.46. The molecule has 98 valence electrons. The molecule has 0 aromatic heterocycles. The fraction of sp³-hybridized carbons (Fsp3) is 0.800. The Hall–Kier alpha value is -0.630. The molecule has 0 aromatic rings. The van der Waals surface area contributed by atoms with Gasteiger partial charge < -0.3 is 5.11 Å². The molecule has 0 aliphatic heterocycles. The lowest BCUT2D eigenvalue weighted by molar-refractivity contribution is -0.114. The summed E-state index contributed by atoms with van der Waals surface area (Å²) in [4.78, 5) is 11.4. The fourth-order valence-electron chi connectivity index (χ4n) is 2.37. The van der Waals surface area contributed by atoms with Crippen molar-refractivity contribution in [1.82, 2.24) is 0 Å². The van der Waals surface area contributed by atoms with Gasteiger partial charge in [-0.3, -0.25) is 4.79 Å². The summed E-state index contributed by atoms with van der Waals surface area (Å²) in [6, 6.07) is 0. The number of allylic oxidation sites excluding steroid dienone is 1. The highest BCUT2D eigenvalue weighted by Crippen LogP contribution is 2.21. The average molecular weight is 238 g/mol. The Morgan fingerprint density at radius 2 is 1.88 bits per heavy atom. The quantitative estimate of drug-likeness (QED) is 0.516. The van der Waals surface area contributed by atoms with E-state index in [0.29, 0.717) is 6.42 Å². The molecule has 0 amide bonds. The Morgan fingerprint density at radius 3 is 2.53 bits per heavy atom. The van der Waals surface area contributed by atoms with Gasteiger partial charge in [0.25, 0.3) is 0 Å². The minimum absolute atomic E-state index is 0.243. The van der Waals surface area contributed by atoms with Gasteiger partial charge in [0, 0.05) is 6.42 Å². The van der Waals surface area contributed by atoms with Gasteiger partial charge in [0.2, 0.25) is 0 Å². The molecule has 0 heterocycles. The van der Waals surface area contributed by atoms with Crippen molar-refractivity contribution in [3.8, 4) is 0 Å². The van der Waals surface area contributed by atoms with E-state index in [2.05, 4.69) is 6.92 Å². The summed E-state index contributed by atoms with van der Waals surface area (Å²) in [5.41, 5.74) is 0.864. The smallest absolute Gasteiger partial charge is 0.158 e. The van der Waals surface area contributed by atoms with Crippen LogP contribution in [0.1, 0.15) is 71.1 Å². The van der Waals surface area contributed by atoms with Crippen molar-refractivity contribution in [2.45, 2.75) is 77.2 Å². The third-order valence-corrected chi connectivity index (χ3v) is 3.46. The normalized spacial score (nSPS) is 20.1. The first-order chi connectivity index (χ1) is 8.24. The summed E-state index contributed by atoms with van der Waals surface area (Å²) in [5.74, 6) is 0.243. The van der Waals surface area contributed by atoms with Gasteiger partial charge in [-0.2, -0.15) is 0 Å². The molecule has 1 N–H and O–H groups in total. The molecule has 2 heteroatoms. The molecule has 1 fully saturated rings. The highest BCUT2D eigenvalue weighted by molar-refractivity contribution is 5.97. The summed E-state index contributed by atoms with van der Waals surface area (Å²) in [7, 11) is 0. The van der Waals surface area contributed by atoms with E-state index < -0.39 is 6.10 Å². The van der Waals surface area contributed by atoms with Crippen molar-refractivity contribution in [2.24, 2.45) is 0 Å². The number of Topliss-reactive ketones (excluding diaryl/α,β-unsaturated/α-hetero) is 1. The molecule has 1 unspecified atom stereocenters. The molecule has 17 heavy (non-hydrogen) atoms. The predicted molar refractivity (Wildman–Crippen MR) is 70.9 cm³/mol. The highest BCUT2D eigenvalue weighted by Gasteiger charge is 2.17. The Labute approximate surface area is 105 Å². The summed E-state index contributed by atoms with van der Waals surface area (Å²) >= 11 is 0. The van der Waals surface area contributed by atoms with Gasteiger partial charge in [0.15, 0.2) is 5.78 Å². The number of unbranched alkanes of at least 4 members (excludes halogenated alkanes) is 5. The third-order valence-electron chi connectivity index (χ3n) is 3.46. The van der Waals surface area contributed by atoms with Crippen molar-refractivity contribution in [1.29, 1.82) is 0 Å². The van der Waals surface area contributed by atoms with Crippen LogP contribution >= 0.6 is 0 Å². The SMILES string of the molecule is CCCCCCCCC(O)/C=C1\CCCC1=O. The van der Waals surface area contributed by atoms with Crippen LogP contribution in [0.15, 0.2) is 11.6 Å². The van der Waals surface area contributed by atoms with Crippen LogP contribution in [-0.2, 0) is 4.79 Å². The Morgan fingerprint density at radius 1 is 1.18 bits per heavy atom. The molecule has 0 spiro atoms. The first kappa shape index (κ1) is 14.4. The van der Waals surface area contributed by atoms with E-state index in [4.69, 9.17) is 0 Å². The molecule has 1 rings (SSSR count). The van der Waals surface area contributed by atoms with Crippen molar-refractivity contribution >= 4 is 5.78 Å². The topological polar surface area (TPSA) is 37.3 Å². The van der Waals surface area contributed by atoms with Crippen LogP contribution in [0.25, 0.3) is 0 Å². The zero-order chi connectivity index (χ0) is 12.5. The molecular weight excluding hydrogens is 212 g/mol. The summed E-state index contributed by atoms with van der Waals surface area (Å²) in [6.45, 7) is 2.22. The van der Waals surface area contributed by atoms with E-state index in [-0.39, 0.29) is 5.78 Å². The number of carbonyl (C=O) groups is 1. The number of aliphatic hydroxyl groups is 1. The van der Waals surface area contributed by atoms with E-state index in [9.17, 15) is 9.90 Å². The van der Waals surface area contributed by atoms with Gasteiger partial charge in [-0.05, 0) is 30.9 Å². The largest absolute Gasteiger partial charge is 0.389 e. The predicted octanol–water partition coefficient (Wildman–Crippen LogP) is 3.78. The zero-order valence-corrected chi connectivity index (χ0v) is 11.1. The lowest BCUT2D eigenvalue weighted by atomic mass is 10.0. The van der Waals surface area contributed by atoms with Crippen LogP contribution < -0.4 is 0 Å². The van der Waals surface area contributed by atoms with Crippen molar-refractivity contribution in [3.05, 3.63) is 11.6 Å². The van der Waals surface area contributed by atoms with E-state index in [1.165, 1.54) is 32.1 Å². The monoisotopic (exact) mass is 238 g/mol. The lowest BCUT2D eigenvalue weighted by Crippen LogP contribution is -2.05. The van der Waals surface area contributed by atoms with Crippen LogP contribution in [0.3, 0.4) is 0 Å². The van der Waals surface area contributed by atoms with E-state index >= 15 is 0 Å². The Kier molecular flexibility index (Phi) is 7.18. The number of hydrogen-bond acceptors (Lipinski definition) is 2. The fourth-order valence-corrected chi connectivity index (χ4v) is 2.37. The minimum atomic E-state index is -0.404. The van der Waals surface area contributed by atoms with Crippen LogP contribution in [0.2, 0.25) is 0 Å². The van der Waals surface area contributed by atoms with Crippen molar-refractivity contribution in [3.63, 3.8) is 0 Å². The lowest BCUT2D eigenvalue weighted by Gasteiger charge is -2.06. The summed E-state index contributed by atoms with van der Waals surface area (Å²) < 4.78 is 0. The number of hydrogen-bond donors (Lipinski definition) is 1. The van der Waals surface area contributed by atoms with Crippen molar-refractivity contribution < 1.29 is 9.90 Å². The maximum Gasteiger partial charge on any atom is 0.158 e. The van der Waals surface area contributed by atoms with Crippen LogP contribution in [0, 0.1) is 0 Å².